The third-order valence-corrected chi connectivity index (χ3v) is 2.31. The van der Waals surface area contributed by atoms with Gasteiger partial charge in [0, 0.05) is 5.41 Å². The summed E-state index contributed by atoms with van der Waals surface area (Å²) in [6, 6.07) is 2.07. The summed E-state index contributed by atoms with van der Waals surface area (Å²) in [5, 5.41) is 2.48. The second-order valence-corrected chi connectivity index (χ2v) is 5.03. The van der Waals surface area contributed by atoms with Gasteiger partial charge in [0.2, 0.25) is 5.91 Å². The van der Waals surface area contributed by atoms with Gasteiger partial charge in [0.1, 0.15) is 5.82 Å². The van der Waals surface area contributed by atoms with Crippen LogP contribution >= 0.6 is 0 Å². The molecule has 0 radical (unpaired) electrons. The number of carbonyl (C=O) groups is 1. The van der Waals surface area contributed by atoms with Gasteiger partial charge in [-0.3, -0.25) is 4.79 Å². The second kappa shape index (κ2) is 4.59. The SMILES string of the molecule is Cc1nc(NC(=O)C(C)(C)C)ccc1C(F)(F)F. The number of aryl methyl sites for hydroxylation is 1. The molecule has 1 N–H and O–H groups in total. The first kappa shape index (κ1) is 14.5. The first-order chi connectivity index (χ1) is 8.01. The van der Waals surface area contributed by atoms with Gasteiger partial charge in [-0.05, 0) is 19.1 Å². The van der Waals surface area contributed by atoms with Crippen molar-refractivity contribution in [3.05, 3.63) is 23.4 Å². The number of nitrogens with one attached hydrogen (secondary N) is 1. The van der Waals surface area contributed by atoms with Gasteiger partial charge >= 0.3 is 6.18 Å². The zero-order valence-corrected chi connectivity index (χ0v) is 10.6. The third-order valence-electron chi connectivity index (χ3n) is 2.31. The van der Waals surface area contributed by atoms with Crippen molar-refractivity contribution in [3.63, 3.8) is 0 Å². The van der Waals surface area contributed by atoms with Crippen LogP contribution in [0.25, 0.3) is 0 Å². The lowest BCUT2D eigenvalue weighted by Crippen LogP contribution is -2.28. The molecule has 0 aliphatic carbocycles. The van der Waals surface area contributed by atoms with Crippen LogP contribution in [0, 0.1) is 12.3 Å². The summed E-state index contributed by atoms with van der Waals surface area (Å²) in [4.78, 5) is 15.4. The lowest BCUT2D eigenvalue weighted by Gasteiger charge is -2.18. The molecule has 1 rings (SSSR count). The van der Waals surface area contributed by atoms with E-state index in [4.69, 9.17) is 0 Å². The second-order valence-electron chi connectivity index (χ2n) is 5.03. The van der Waals surface area contributed by atoms with Gasteiger partial charge in [0.25, 0.3) is 0 Å². The van der Waals surface area contributed by atoms with E-state index in [-0.39, 0.29) is 17.4 Å². The van der Waals surface area contributed by atoms with Crippen LogP contribution in [0.15, 0.2) is 12.1 Å². The van der Waals surface area contributed by atoms with Crippen LogP contribution in [0.1, 0.15) is 32.0 Å². The largest absolute Gasteiger partial charge is 0.418 e. The minimum atomic E-state index is -4.43. The fraction of sp³-hybridized carbons (Fsp3) is 0.500. The number of pyridine rings is 1. The standard InChI is InChI=1S/C12H15F3N2O/c1-7-8(12(13,14)15)5-6-9(16-7)17-10(18)11(2,3)4/h5-6H,1-4H3,(H,16,17,18). The van der Waals surface area contributed by atoms with Crippen LogP contribution in [0.5, 0.6) is 0 Å². The number of carbonyl (C=O) groups excluding carboxylic acids is 1. The number of hydrogen-bond acceptors (Lipinski definition) is 2. The van der Waals surface area contributed by atoms with Gasteiger partial charge in [0.15, 0.2) is 0 Å². The van der Waals surface area contributed by atoms with Crippen LogP contribution in [-0.2, 0) is 11.0 Å². The highest BCUT2D eigenvalue weighted by atomic mass is 19.4. The normalized spacial score (nSPS) is 12.4. The van der Waals surface area contributed by atoms with Crippen molar-refractivity contribution in [2.24, 2.45) is 5.41 Å². The van der Waals surface area contributed by atoms with Crippen LogP contribution in [0.4, 0.5) is 19.0 Å². The van der Waals surface area contributed by atoms with E-state index in [2.05, 4.69) is 10.3 Å². The van der Waals surface area contributed by atoms with Crippen molar-refractivity contribution < 1.29 is 18.0 Å². The molecule has 1 amide bonds. The van der Waals surface area contributed by atoms with Crippen molar-refractivity contribution in [1.82, 2.24) is 4.98 Å². The molecule has 0 spiro atoms. The van der Waals surface area contributed by atoms with Gasteiger partial charge in [-0.1, -0.05) is 20.8 Å². The van der Waals surface area contributed by atoms with Crippen LogP contribution in [0.3, 0.4) is 0 Å². The molecular weight excluding hydrogens is 245 g/mol. The Labute approximate surface area is 103 Å². The Balaban J connectivity index is 2.96. The maximum atomic E-state index is 12.5. The summed E-state index contributed by atoms with van der Waals surface area (Å²) in [5.41, 5.74) is -1.58. The van der Waals surface area contributed by atoms with E-state index in [1.165, 1.54) is 6.92 Å². The van der Waals surface area contributed by atoms with Gasteiger partial charge in [0.05, 0.1) is 11.3 Å². The predicted molar refractivity (Wildman–Crippen MR) is 62.1 cm³/mol. The Morgan fingerprint density at radius 1 is 1.22 bits per heavy atom. The smallest absolute Gasteiger partial charge is 0.310 e. The summed E-state index contributed by atoms with van der Waals surface area (Å²) in [7, 11) is 0. The molecular formula is C12H15F3N2O. The van der Waals surface area contributed by atoms with Crippen LogP contribution in [0.2, 0.25) is 0 Å². The van der Waals surface area contributed by atoms with Crippen molar-refractivity contribution >= 4 is 11.7 Å². The molecule has 100 valence electrons. The molecule has 0 saturated heterocycles. The summed E-state index contributed by atoms with van der Waals surface area (Å²) < 4.78 is 37.5. The van der Waals surface area contributed by atoms with Crippen LogP contribution < -0.4 is 5.32 Å². The van der Waals surface area contributed by atoms with Gasteiger partial charge in [-0.15, -0.1) is 0 Å². The van der Waals surface area contributed by atoms with E-state index in [1.54, 1.807) is 20.8 Å². The molecule has 18 heavy (non-hydrogen) atoms. The zero-order chi connectivity index (χ0) is 14.1. The molecule has 0 fully saturated rings. The average Bonchev–Trinajstić information content (AvgIpc) is 2.13. The number of aromatic nitrogens is 1. The summed E-state index contributed by atoms with van der Waals surface area (Å²) in [6.07, 6.45) is -4.43. The Morgan fingerprint density at radius 2 is 1.78 bits per heavy atom. The van der Waals surface area contributed by atoms with Crippen molar-refractivity contribution in [1.29, 1.82) is 0 Å². The maximum absolute atomic E-state index is 12.5. The fourth-order valence-corrected chi connectivity index (χ4v) is 1.23. The number of rotatable bonds is 1. The highest BCUT2D eigenvalue weighted by Gasteiger charge is 2.33. The molecule has 6 heteroatoms. The van der Waals surface area contributed by atoms with E-state index in [1.807, 2.05) is 0 Å². The molecule has 0 saturated carbocycles. The number of nitrogens with zero attached hydrogens (tertiary/aromatic N) is 1. The molecule has 3 nitrogen and oxygen atoms in total. The van der Waals surface area contributed by atoms with E-state index in [0.717, 1.165) is 12.1 Å². The minimum Gasteiger partial charge on any atom is -0.310 e. The Hall–Kier alpha value is -1.59. The van der Waals surface area contributed by atoms with E-state index in [9.17, 15) is 18.0 Å². The summed E-state index contributed by atoms with van der Waals surface area (Å²) >= 11 is 0. The third kappa shape index (κ3) is 3.45. The predicted octanol–water partition coefficient (Wildman–Crippen LogP) is 3.39. The van der Waals surface area contributed by atoms with E-state index >= 15 is 0 Å². The number of halogens is 3. The average molecular weight is 260 g/mol. The molecule has 1 aromatic heterocycles. The Bertz CT molecular complexity index is 461. The van der Waals surface area contributed by atoms with Crippen LogP contribution in [-0.4, -0.2) is 10.9 Å². The number of alkyl halides is 3. The van der Waals surface area contributed by atoms with Crippen molar-refractivity contribution in [2.45, 2.75) is 33.9 Å². The lowest BCUT2D eigenvalue weighted by molar-refractivity contribution is -0.138. The number of hydrogen-bond donors (Lipinski definition) is 1. The molecule has 0 aromatic carbocycles. The summed E-state index contributed by atoms with van der Waals surface area (Å²) in [5.74, 6) is -0.172. The molecule has 0 bridgehead atoms. The van der Waals surface area contributed by atoms with Crippen molar-refractivity contribution in [3.8, 4) is 0 Å². The highest BCUT2D eigenvalue weighted by Crippen LogP contribution is 2.31. The quantitative estimate of drug-likeness (QED) is 0.840. The molecule has 1 heterocycles. The zero-order valence-electron chi connectivity index (χ0n) is 10.6. The molecule has 0 aliphatic heterocycles. The number of amides is 1. The minimum absolute atomic E-state index is 0.125. The molecule has 0 aliphatic rings. The highest BCUT2D eigenvalue weighted by molar-refractivity contribution is 5.93. The van der Waals surface area contributed by atoms with E-state index < -0.39 is 17.2 Å². The monoisotopic (exact) mass is 260 g/mol. The maximum Gasteiger partial charge on any atom is 0.418 e. The lowest BCUT2D eigenvalue weighted by atomic mass is 9.96. The fourth-order valence-electron chi connectivity index (χ4n) is 1.23. The van der Waals surface area contributed by atoms with Gasteiger partial charge in [-0.2, -0.15) is 13.2 Å². The topological polar surface area (TPSA) is 42.0 Å². The number of anilines is 1. The Kier molecular flexibility index (Phi) is 3.69. The Morgan fingerprint density at radius 3 is 2.17 bits per heavy atom. The molecule has 0 atom stereocenters. The van der Waals surface area contributed by atoms with Gasteiger partial charge < -0.3 is 5.32 Å². The van der Waals surface area contributed by atoms with Gasteiger partial charge in [-0.25, -0.2) is 4.98 Å². The summed E-state index contributed by atoms with van der Waals surface area (Å²) in [6.45, 7) is 6.38. The van der Waals surface area contributed by atoms with Crippen molar-refractivity contribution in [2.75, 3.05) is 5.32 Å². The molecule has 1 aromatic rings. The first-order valence-corrected chi connectivity index (χ1v) is 5.38. The molecule has 0 unspecified atom stereocenters. The van der Waals surface area contributed by atoms with E-state index in [0.29, 0.717) is 0 Å². The first-order valence-electron chi connectivity index (χ1n) is 5.38.